The zero-order valence-electron chi connectivity index (χ0n) is 17.2. The number of aliphatic hydroxyl groups excluding tert-OH is 1. The molecule has 0 unspecified atom stereocenters. The van der Waals surface area contributed by atoms with Crippen LogP contribution in [0.2, 0.25) is 0 Å². The summed E-state index contributed by atoms with van der Waals surface area (Å²) >= 11 is 1.75. The van der Waals surface area contributed by atoms with Gasteiger partial charge < -0.3 is 10.0 Å². The van der Waals surface area contributed by atoms with Crippen LogP contribution >= 0.6 is 11.3 Å². The average molecular weight is 418 g/mol. The van der Waals surface area contributed by atoms with Crippen molar-refractivity contribution in [2.24, 2.45) is 0 Å². The van der Waals surface area contributed by atoms with Crippen molar-refractivity contribution in [1.82, 2.24) is 19.7 Å². The molecule has 7 nitrogen and oxygen atoms in total. The molecule has 4 heterocycles. The summed E-state index contributed by atoms with van der Waals surface area (Å²) in [6.07, 6.45) is 7.32. The van der Waals surface area contributed by atoms with Crippen LogP contribution in [0.1, 0.15) is 55.8 Å². The number of rotatable bonds is 6. The summed E-state index contributed by atoms with van der Waals surface area (Å²) in [6.45, 7) is 6.46. The Balaban J connectivity index is 1.40. The lowest BCUT2D eigenvalue weighted by atomic mass is 10.1. The number of likely N-dealkylation sites (tertiary alicyclic amines) is 1. The predicted molar refractivity (Wildman–Crippen MR) is 116 cm³/mol. The zero-order valence-corrected chi connectivity index (χ0v) is 18.0. The van der Waals surface area contributed by atoms with Crippen LogP contribution in [0.5, 0.6) is 0 Å². The Kier molecular flexibility index (Phi) is 6.62. The van der Waals surface area contributed by atoms with Crippen LogP contribution in [0.4, 0.5) is 5.69 Å². The van der Waals surface area contributed by atoms with E-state index in [0.717, 1.165) is 82.6 Å². The molecule has 0 amide bonds. The minimum atomic E-state index is -0.219. The third kappa shape index (κ3) is 5.05. The van der Waals surface area contributed by atoms with Crippen molar-refractivity contribution in [3.05, 3.63) is 38.7 Å². The summed E-state index contributed by atoms with van der Waals surface area (Å²) < 4.78 is 1.66. The highest BCUT2D eigenvalue weighted by atomic mass is 32.1. The van der Waals surface area contributed by atoms with Crippen molar-refractivity contribution in [3.8, 4) is 0 Å². The van der Waals surface area contributed by atoms with Crippen LogP contribution in [0.3, 0.4) is 0 Å². The molecule has 2 saturated heterocycles. The molecule has 2 aromatic rings. The molecule has 4 rings (SSSR count). The standard InChI is InChI=1S/C21H31N5O2S/c1-2-4-20-23-16(15-29-20)13-24-8-3-5-17(14-24)26-21(28)11-18(12-22-26)25-9-6-19(27)7-10-25/h11-12,15,17,19,27H,2-10,13-14H2,1H3/t17-/m1/s1. The molecule has 0 radical (unpaired) electrons. The third-order valence-corrected chi connectivity index (χ3v) is 6.87. The number of anilines is 1. The van der Waals surface area contributed by atoms with Crippen molar-refractivity contribution in [3.63, 3.8) is 0 Å². The fraction of sp³-hybridized carbons (Fsp3) is 0.667. The molecule has 0 aliphatic carbocycles. The van der Waals surface area contributed by atoms with Crippen LogP contribution in [-0.2, 0) is 13.0 Å². The molecule has 2 fully saturated rings. The molecule has 8 heteroatoms. The molecule has 0 spiro atoms. The van der Waals surface area contributed by atoms with Gasteiger partial charge in [-0.05, 0) is 45.1 Å². The smallest absolute Gasteiger partial charge is 0.269 e. The Labute approximate surface area is 176 Å². The van der Waals surface area contributed by atoms with Gasteiger partial charge in [0.15, 0.2) is 0 Å². The van der Waals surface area contributed by atoms with E-state index >= 15 is 0 Å². The number of hydrogen-bond donors (Lipinski definition) is 1. The first-order valence-corrected chi connectivity index (χ1v) is 11.7. The summed E-state index contributed by atoms with van der Waals surface area (Å²) in [5.74, 6) is 0. The molecule has 0 aromatic carbocycles. The lowest BCUT2D eigenvalue weighted by Crippen LogP contribution is -2.41. The van der Waals surface area contributed by atoms with Crippen molar-refractivity contribution in [2.75, 3.05) is 31.1 Å². The maximum absolute atomic E-state index is 12.8. The van der Waals surface area contributed by atoms with Gasteiger partial charge in [0.1, 0.15) is 0 Å². The Hall–Kier alpha value is -1.77. The Morgan fingerprint density at radius 2 is 2.07 bits per heavy atom. The number of aliphatic hydroxyl groups is 1. The highest BCUT2D eigenvalue weighted by Crippen LogP contribution is 2.23. The minimum absolute atomic E-state index is 0.0284. The molecule has 0 saturated carbocycles. The van der Waals surface area contributed by atoms with Gasteiger partial charge in [-0.15, -0.1) is 11.3 Å². The van der Waals surface area contributed by atoms with Gasteiger partial charge in [-0.2, -0.15) is 5.10 Å². The first-order chi connectivity index (χ1) is 14.1. The van der Waals surface area contributed by atoms with Gasteiger partial charge >= 0.3 is 0 Å². The normalized spacial score (nSPS) is 21.6. The van der Waals surface area contributed by atoms with Gasteiger partial charge in [0.2, 0.25) is 0 Å². The highest BCUT2D eigenvalue weighted by molar-refractivity contribution is 7.09. The van der Waals surface area contributed by atoms with Crippen LogP contribution < -0.4 is 10.5 Å². The Morgan fingerprint density at radius 1 is 1.24 bits per heavy atom. The lowest BCUT2D eigenvalue weighted by Gasteiger charge is -2.33. The molecule has 1 atom stereocenters. The van der Waals surface area contributed by atoms with Gasteiger partial charge in [-0.3, -0.25) is 9.69 Å². The van der Waals surface area contributed by atoms with E-state index < -0.39 is 0 Å². The van der Waals surface area contributed by atoms with E-state index in [4.69, 9.17) is 4.98 Å². The second kappa shape index (κ2) is 9.36. The third-order valence-electron chi connectivity index (χ3n) is 5.92. The number of hydrogen-bond acceptors (Lipinski definition) is 7. The van der Waals surface area contributed by atoms with E-state index in [1.165, 1.54) is 5.01 Å². The number of aromatic nitrogens is 3. The predicted octanol–water partition coefficient (Wildman–Crippen LogP) is 2.45. The molecule has 29 heavy (non-hydrogen) atoms. The topological polar surface area (TPSA) is 74.5 Å². The van der Waals surface area contributed by atoms with Crippen LogP contribution in [0, 0.1) is 0 Å². The van der Waals surface area contributed by atoms with Gasteiger partial charge in [-0.1, -0.05) is 6.92 Å². The van der Waals surface area contributed by atoms with E-state index in [-0.39, 0.29) is 17.7 Å². The monoisotopic (exact) mass is 417 g/mol. The van der Waals surface area contributed by atoms with Crippen LogP contribution in [0.25, 0.3) is 0 Å². The second-order valence-electron chi connectivity index (χ2n) is 8.23. The molecule has 2 aliphatic rings. The Morgan fingerprint density at radius 3 is 2.83 bits per heavy atom. The molecule has 2 aliphatic heterocycles. The van der Waals surface area contributed by atoms with Crippen molar-refractivity contribution >= 4 is 17.0 Å². The molecule has 2 aromatic heterocycles. The first kappa shape index (κ1) is 20.5. The van der Waals surface area contributed by atoms with Gasteiger partial charge in [-0.25, -0.2) is 9.67 Å². The first-order valence-electron chi connectivity index (χ1n) is 10.8. The molecule has 1 N–H and O–H groups in total. The SMILES string of the molecule is CCCc1nc(CN2CCC[C@@H](n3ncc(N4CCC(O)CC4)cc3=O)C2)cs1. The molecular formula is C21H31N5O2S. The number of nitrogens with zero attached hydrogens (tertiary/aromatic N) is 5. The summed E-state index contributed by atoms with van der Waals surface area (Å²) in [4.78, 5) is 22.1. The van der Waals surface area contributed by atoms with Gasteiger partial charge in [0.05, 0.1) is 34.7 Å². The number of thiazole rings is 1. The van der Waals surface area contributed by atoms with E-state index in [9.17, 15) is 9.90 Å². The summed E-state index contributed by atoms with van der Waals surface area (Å²) in [5, 5.41) is 17.6. The lowest BCUT2D eigenvalue weighted by molar-refractivity contribution is 0.145. The van der Waals surface area contributed by atoms with Crippen molar-refractivity contribution in [1.29, 1.82) is 0 Å². The average Bonchev–Trinajstić information content (AvgIpc) is 3.16. The largest absolute Gasteiger partial charge is 0.393 e. The van der Waals surface area contributed by atoms with Gasteiger partial charge in [0, 0.05) is 37.6 Å². The summed E-state index contributed by atoms with van der Waals surface area (Å²) in [7, 11) is 0. The van der Waals surface area contributed by atoms with Crippen LogP contribution in [-0.4, -0.2) is 57.1 Å². The van der Waals surface area contributed by atoms with Crippen molar-refractivity contribution < 1.29 is 5.11 Å². The van der Waals surface area contributed by atoms with Gasteiger partial charge in [0.25, 0.3) is 5.56 Å². The fourth-order valence-corrected chi connectivity index (χ4v) is 5.22. The van der Waals surface area contributed by atoms with E-state index in [0.29, 0.717) is 0 Å². The summed E-state index contributed by atoms with van der Waals surface area (Å²) in [6, 6.07) is 1.82. The number of aryl methyl sites for hydroxylation is 1. The zero-order chi connectivity index (χ0) is 20.2. The van der Waals surface area contributed by atoms with Crippen LogP contribution in [0.15, 0.2) is 22.4 Å². The van der Waals surface area contributed by atoms with Crippen molar-refractivity contribution in [2.45, 2.75) is 64.1 Å². The summed E-state index contributed by atoms with van der Waals surface area (Å²) in [5.41, 5.74) is 1.98. The van der Waals surface area contributed by atoms with E-state index in [2.05, 4.69) is 27.2 Å². The number of piperidine rings is 2. The fourth-order valence-electron chi connectivity index (χ4n) is 4.33. The van der Waals surface area contributed by atoms with E-state index in [1.54, 1.807) is 22.1 Å². The molecule has 0 bridgehead atoms. The molecule has 158 valence electrons. The maximum Gasteiger partial charge on any atom is 0.269 e. The molecular weight excluding hydrogens is 386 g/mol. The minimum Gasteiger partial charge on any atom is -0.393 e. The van der Waals surface area contributed by atoms with E-state index in [1.807, 2.05) is 6.20 Å². The second-order valence-corrected chi connectivity index (χ2v) is 9.17. The highest BCUT2D eigenvalue weighted by Gasteiger charge is 2.24. The Bertz CT molecular complexity index is 859. The maximum atomic E-state index is 12.8. The quantitative estimate of drug-likeness (QED) is 0.778.